The number of esters is 1. The second-order valence-electron chi connectivity index (χ2n) is 2.13. The lowest BCUT2D eigenvalue weighted by Gasteiger charge is -2.03. The van der Waals surface area contributed by atoms with Crippen LogP contribution in [0.25, 0.3) is 0 Å². The van der Waals surface area contributed by atoms with Crippen LogP contribution in [-0.2, 0) is 10.9 Å². The van der Waals surface area contributed by atoms with Crippen molar-refractivity contribution in [3.05, 3.63) is 13.6 Å². The predicted molar refractivity (Wildman–Crippen MR) is 51.2 cm³/mol. The summed E-state index contributed by atoms with van der Waals surface area (Å²) in [5.74, 6) is -1.07. The lowest BCUT2D eigenvalue weighted by Crippen LogP contribution is -2.11. The molecule has 0 saturated carbocycles. The van der Waals surface area contributed by atoms with Crippen molar-refractivity contribution in [1.82, 2.24) is 4.98 Å². The van der Waals surface area contributed by atoms with Gasteiger partial charge in [0.25, 0.3) is 0 Å². The van der Waals surface area contributed by atoms with E-state index in [2.05, 4.69) is 9.72 Å². The molecule has 1 rings (SSSR count). The van der Waals surface area contributed by atoms with Crippen molar-refractivity contribution in [2.45, 2.75) is 6.18 Å². The maximum atomic E-state index is 12.3. The van der Waals surface area contributed by atoms with Crippen molar-refractivity contribution in [3.63, 3.8) is 0 Å². The minimum atomic E-state index is -4.56. The largest absolute Gasteiger partial charge is 0.464 e. The number of halogens is 4. The fourth-order valence-electron chi connectivity index (χ4n) is 0.721. The summed E-state index contributed by atoms with van der Waals surface area (Å²) in [6.45, 7) is 0. The first kappa shape index (κ1) is 11.7. The molecule has 0 spiro atoms. The van der Waals surface area contributed by atoms with E-state index in [1.54, 1.807) is 22.6 Å². The maximum Gasteiger partial charge on any atom is 0.428 e. The van der Waals surface area contributed by atoms with Gasteiger partial charge >= 0.3 is 12.1 Å². The summed E-state index contributed by atoms with van der Waals surface area (Å²) in [5, 5.41) is 0. The molecule has 0 atom stereocenters. The zero-order valence-electron chi connectivity index (χ0n) is 6.68. The molecule has 14 heavy (non-hydrogen) atoms. The van der Waals surface area contributed by atoms with E-state index in [1.165, 1.54) is 0 Å². The Morgan fingerprint density at radius 2 is 2.14 bits per heavy atom. The molecule has 0 radical (unpaired) electrons. The van der Waals surface area contributed by atoms with Gasteiger partial charge in [-0.05, 0) is 22.6 Å². The molecule has 1 heterocycles. The molecule has 0 bridgehead atoms. The van der Waals surface area contributed by atoms with Crippen LogP contribution < -0.4 is 0 Å². The van der Waals surface area contributed by atoms with Gasteiger partial charge in [0.1, 0.15) is 4.88 Å². The van der Waals surface area contributed by atoms with E-state index in [0.29, 0.717) is 11.3 Å². The van der Waals surface area contributed by atoms with Gasteiger partial charge < -0.3 is 4.74 Å². The number of nitrogens with zero attached hydrogens (tertiary/aromatic N) is 1. The van der Waals surface area contributed by atoms with Crippen LogP contribution >= 0.6 is 33.9 Å². The lowest BCUT2D eigenvalue weighted by atomic mass is 10.3. The van der Waals surface area contributed by atoms with Gasteiger partial charge in [0.2, 0.25) is 0 Å². The molecule has 0 aromatic carbocycles. The van der Waals surface area contributed by atoms with E-state index in [9.17, 15) is 18.0 Å². The molecule has 1 aromatic rings. The molecule has 0 unspecified atom stereocenters. The van der Waals surface area contributed by atoms with Gasteiger partial charge in [-0.15, -0.1) is 11.3 Å². The summed E-state index contributed by atoms with van der Waals surface area (Å²) in [4.78, 5) is 13.4. The van der Waals surface area contributed by atoms with Gasteiger partial charge in [0.15, 0.2) is 8.71 Å². The minimum Gasteiger partial charge on any atom is -0.464 e. The topological polar surface area (TPSA) is 39.2 Å². The molecule has 0 aliphatic heterocycles. The van der Waals surface area contributed by atoms with Crippen LogP contribution in [0.5, 0.6) is 0 Å². The van der Waals surface area contributed by atoms with Crippen molar-refractivity contribution >= 4 is 39.9 Å². The first-order valence-electron chi connectivity index (χ1n) is 3.18. The average Bonchev–Trinajstić information content (AvgIpc) is 2.45. The number of aromatic nitrogens is 1. The molecule has 1 aromatic heterocycles. The SMILES string of the molecule is COC(=O)c1nc(I)sc1C(F)(F)F. The number of ether oxygens (including phenoxy) is 1. The summed E-state index contributed by atoms with van der Waals surface area (Å²) in [6, 6.07) is 0. The molecule has 0 fully saturated rings. The molecular weight excluding hydrogens is 334 g/mol. The molecule has 8 heteroatoms. The first-order valence-corrected chi connectivity index (χ1v) is 5.07. The van der Waals surface area contributed by atoms with Crippen LogP contribution in [-0.4, -0.2) is 18.1 Å². The van der Waals surface area contributed by atoms with E-state index in [-0.39, 0.29) is 3.01 Å². The van der Waals surface area contributed by atoms with Gasteiger partial charge in [-0.1, -0.05) is 0 Å². The lowest BCUT2D eigenvalue weighted by molar-refractivity contribution is -0.135. The normalized spacial score (nSPS) is 11.5. The number of alkyl halides is 3. The summed E-state index contributed by atoms with van der Waals surface area (Å²) < 4.78 is 41.3. The van der Waals surface area contributed by atoms with Crippen molar-refractivity contribution < 1.29 is 22.7 Å². The van der Waals surface area contributed by atoms with Gasteiger partial charge in [0.05, 0.1) is 7.11 Å². The molecule has 3 nitrogen and oxygen atoms in total. The van der Waals surface area contributed by atoms with Crippen LogP contribution in [0.4, 0.5) is 13.2 Å². The molecule has 0 aliphatic rings. The second-order valence-corrected chi connectivity index (χ2v) is 4.89. The summed E-state index contributed by atoms with van der Waals surface area (Å²) in [5.41, 5.74) is -0.672. The smallest absolute Gasteiger partial charge is 0.428 e. The maximum absolute atomic E-state index is 12.3. The van der Waals surface area contributed by atoms with Gasteiger partial charge in [-0.3, -0.25) is 0 Å². The van der Waals surface area contributed by atoms with E-state index in [0.717, 1.165) is 7.11 Å². The van der Waals surface area contributed by atoms with E-state index in [1.807, 2.05) is 0 Å². The summed E-state index contributed by atoms with van der Waals surface area (Å²) >= 11 is 2.03. The highest BCUT2D eigenvalue weighted by atomic mass is 127. The minimum absolute atomic E-state index is 0.148. The first-order chi connectivity index (χ1) is 6.36. The Balaban J connectivity index is 3.23. The fraction of sp³-hybridized carbons (Fsp3) is 0.333. The number of hydrogen-bond donors (Lipinski definition) is 0. The third-order valence-corrected chi connectivity index (χ3v) is 3.03. The Morgan fingerprint density at radius 1 is 1.57 bits per heavy atom. The number of carbonyl (C=O) groups excluding carboxylic acids is 1. The second kappa shape index (κ2) is 4.01. The Hall–Kier alpha value is -0.380. The standard InChI is InChI=1S/C6H3F3INO2S/c1-13-4(12)2-3(6(7,8)9)14-5(10)11-2/h1H3. The summed E-state index contributed by atoms with van der Waals surface area (Å²) in [7, 11) is 1.01. The molecule has 0 aliphatic carbocycles. The Bertz CT molecular complexity index is 362. The van der Waals surface area contributed by atoms with Crippen LogP contribution in [0.2, 0.25) is 0 Å². The van der Waals surface area contributed by atoms with Gasteiger partial charge in [-0.2, -0.15) is 13.2 Å². The number of rotatable bonds is 1. The van der Waals surface area contributed by atoms with E-state index in [4.69, 9.17) is 0 Å². The highest BCUT2D eigenvalue weighted by Crippen LogP contribution is 2.36. The Labute approximate surface area is 94.4 Å². The Kier molecular flexibility index (Phi) is 3.35. The van der Waals surface area contributed by atoms with Crippen molar-refractivity contribution in [2.75, 3.05) is 7.11 Å². The fourth-order valence-corrected chi connectivity index (χ4v) is 2.27. The number of hydrogen-bond acceptors (Lipinski definition) is 4. The van der Waals surface area contributed by atoms with Gasteiger partial charge in [-0.25, -0.2) is 9.78 Å². The zero-order valence-corrected chi connectivity index (χ0v) is 9.66. The average molecular weight is 337 g/mol. The van der Waals surface area contributed by atoms with Crippen LogP contribution in [0, 0.1) is 3.01 Å². The van der Waals surface area contributed by atoms with Crippen LogP contribution in [0.15, 0.2) is 0 Å². The quantitative estimate of drug-likeness (QED) is 0.584. The number of carbonyl (C=O) groups is 1. The number of thiazole rings is 1. The predicted octanol–water partition coefficient (Wildman–Crippen LogP) is 2.55. The van der Waals surface area contributed by atoms with Crippen molar-refractivity contribution in [2.24, 2.45) is 0 Å². The monoisotopic (exact) mass is 337 g/mol. The molecule has 0 saturated heterocycles. The van der Waals surface area contributed by atoms with Crippen molar-refractivity contribution in [1.29, 1.82) is 0 Å². The molecule has 78 valence electrons. The zero-order chi connectivity index (χ0) is 10.9. The highest BCUT2D eigenvalue weighted by molar-refractivity contribution is 14.1. The molecule has 0 N–H and O–H groups in total. The molecular formula is C6H3F3INO2S. The van der Waals surface area contributed by atoms with Crippen LogP contribution in [0.1, 0.15) is 15.4 Å². The van der Waals surface area contributed by atoms with E-state index >= 15 is 0 Å². The Morgan fingerprint density at radius 3 is 2.57 bits per heavy atom. The number of methoxy groups -OCH3 is 1. The van der Waals surface area contributed by atoms with Gasteiger partial charge in [0, 0.05) is 0 Å². The molecule has 0 amide bonds. The third kappa shape index (κ3) is 2.35. The highest BCUT2D eigenvalue weighted by Gasteiger charge is 2.39. The van der Waals surface area contributed by atoms with Crippen LogP contribution in [0.3, 0.4) is 0 Å². The third-order valence-electron chi connectivity index (χ3n) is 1.24. The van der Waals surface area contributed by atoms with Crippen molar-refractivity contribution in [3.8, 4) is 0 Å². The van der Waals surface area contributed by atoms with E-state index < -0.39 is 22.7 Å². The summed E-state index contributed by atoms with van der Waals surface area (Å²) in [6.07, 6.45) is -4.56.